The number of rotatable bonds is 15. The quantitative estimate of drug-likeness (QED) is 0.230. The van der Waals surface area contributed by atoms with Crippen LogP contribution in [-0.4, -0.2) is 24.7 Å². The molecule has 0 radical (unpaired) electrons. The minimum Gasteiger partial charge on any atom is -0.466 e. The van der Waals surface area contributed by atoms with Gasteiger partial charge in [0.1, 0.15) is 0 Å². The standard InChI is InChI=1S/C23H33F3O4/c1-2-3-4-5-6-7-8-9-13-18-29-20(27)16-17-21(28)30-22(23(24,25)26)19-14-11-10-12-15-19/h10-12,14-15,22H,2-9,13,16-18H2,1H3. The molecule has 30 heavy (non-hydrogen) atoms. The van der Waals surface area contributed by atoms with Gasteiger partial charge in [0, 0.05) is 5.56 Å². The van der Waals surface area contributed by atoms with Crippen molar-refractivity contribution in [1.82, 2.24) is 0 Å². The van der Waals surface area contributed by atoms with E-state index in [2.05, 4.69) is 11.7 Å². The Kier molecular flexibility index (Phi) is 12.9. The van der Waals surface area contributed by atoms with E-state index >= 15 is 0 Å². The number of hydrogen-bond donors (Lipinski definition) is 0. The van der Waals surface area contributed by atoms with Gasteiger partial charge in [0.05, 0.1) is 19.4 Å². The summed E-state index contributed by atoms with van der Waals surface area (Å²) in [5.74, 6) is -1.68. The smallest absolute Gasteiger partial charge is 0.429 e. The number of carbonyl (C=O) groups is 2. The Labute approximate surface area is 177 Å². The van der Waals surface area contributed by atoms with Crippen LogP contribution in [0.1, 0.15) is 89.2 Å². The van der Waals surface area contributed by atoms with Gasteiger partial charge in [0.25, 0.3) is 0 Å². The molecule has 0 aliphatic carbocycles. The molecule has 0 bridgehead atoms. The zero-order chi connectivity index (χ0) is 22.2. The lowest BCUT2D eigenvalue weighted by Gasteiger charge is -2.21. The van der Waals surface area contributed by atoms with E-state index in [1.807, 2.05) is 0 Å². The lowest BCUT2D eigenvalue weighted by molar-refractivity contribution is -0.224. The number of alkyl halides is 3. The molecule has 1 aromatic rings. The van der Waals surface area contributed by atoms with E-state index < -0.39 is 30.6 Å². The van der Waals surface area contributed by atoms with E-state index in [0.29, 0.717) is 0 Å². The van der Waals surface area contributed by atoms with E-state index in [4.69, 9.17) is 4.74 Å². The van der Waals surface area contributed by atoms with Crippen LogP contribution in [0, 0.1) is 0 Å². The fraction of sp³-hybridized carbons (Fsp3) is 0.652. The predicted molar refractivity (Wildman–Crippen MR) is 109 cm³/mol. The number of ether oxygens (including phenoxy) is 2. The average molecular weight is 431 g/mol. The fourth-order valence-electron chi connectivity index (χ4n) is 3.02. The number of carbonyl (C=O) groups excluding carboxylic acids is 2. The molecule has 0 aliphatic rings. The van der Waals surface area contributed by atoms with E-state index in [1.54, 1.807) is 6.07 Å². The first kappa shape index (κ1) is 26.0. The van der Waals surface area contributed by atoms with E-state index in [9.17, 15) is 22.8 Å². The van der Waals surface area contributed by atoms with Crippen LogP contribution in [0.5, 0.6) is 0 Å². The molecule has 1 unspecified atom stereocenters. The number of halogens is 3. The number of unbranched alkanes of at least 4 members (excludes halogenated alkanes) is 8. The Morgan fingerprint density at radius 2 is 1.37 bits per heavy atom. The van der Waals surface area contributed by atoms with Gasteiger partial charge in [-0.15, -0.1) is 0 Å². The minimum atomic E-state index is -4.73. The maximum atomic E-state index is 13.2. The maximum absolute atomic E-state index is 13.2. The van der Waals surface area contributed by atoms with Gasteiger partial charge in [-0.05, 0) is 6.42 Å². The Morgan fingerprint density at radius 1 is 0.833 bits per heavy atom. The van der Waals surface area contributed by atoms with Crippen LogP contribution in [0.25, 0.3) is 0 Å². The molecule has 7 heteroatoms. The highest BCUT2D eigenvalue weighted by molar-refractivity contribution is 5.77. The summed E-state index contributed by atoms with van der Waals surface area (Å²) in [4.78, 5) is 23.5. The van der Waals surface area contributed by atoms with Gasteiger partial charge in [0.15, 0.2) is 0 Å². The van der Waals surface area contributed by atoms with Gasteiger partial charge in [0.2, 0.25) is 6.10 Å². The normalized spacial score (nSPS) is 12.4. The van der Waals surface area contributed by atoms with Crippen LogP contribution in [0.3, 0.4) is 0 Å². The molecule has 0 aliphatic heterocycles. The van der Waals surface area contributed by atoms with E-state index in [-0.39, 0.29) is 18.6 Å². The number of hydrogen-bond acceptors (Lipinski definition) is 4. The average Bonchev–Trinajstić information content (AvgIpc) is 2.71. The fourth-order valence-corrected chi connectivity index (χ4v) is 3.02. The zero-order valence-electron chi connectivity index (χ0n) is 17.7. The Balaban J connectivity index is 2.18. The predicted octanol–water partition coefficient (Wildman–Crippen LogP) is 6.69. The third kappa shape index (κ3) is 11.8. The molecule has 1 atom stereocenters. The molecule has 170 valence electrons. The first-order valence-corrected chi connectivity index (χ1v) is 10.8. The van der Waals surface area contributed by atoms with Crippen molar-refractivity contribution in [1.29, 1.82) is 0 Å². The summed E-state index contributed by atoms with van der Waals surface area (Å²) in [5.41, 5.74) is -0.161. The topological polar surface area (TPSA) is 52.6 Å². The largest absolute Gasteiger partial charge is 0.466 e. The molecule has 0 spiro atoms. The summed E-state index contributed by atoms with van der Waals surface area (Å²) in [7, 11) is 0. The molecule has 1 aromatic carbocycles. The van der Waals surface area contributed by atoms with Crippen LogP contribution in [-0.2, 0) is 19.1 Å². The van der Waals surface area contributed by atoms with Crippen molar-refractivity contribution < 1.29 is 32.2 Å². The van der Waals surface area contributed by atoms with Crippen LogP contribution in [0.15, 0.2) is 30.3 Å². The molecule has 4 nitrogen and oxygen atoms in total. The Hall–Kier alpha value is -2.05. The lowest BCUT2D eigenvalue weighted by atomic mass is 10.1. The molecule has 0 amide bonds. The minimum absolute atomic E-state index is 0.161. The summed E-state index contributed by atoms with van der Waals surface area (Å²) in [6.07, 6.45) is 2.45. The molecule has 0 aromatic heterocycles. The molecular formula is C23H33F3O4. The second kappa shape index (κ2) is 14.9. The van der Waals surface area contributed by atoms with Crippen LogP contribution in [0.2, 0.25) is 0 Å². The second-order valence-corrected chi connectivity index (χ2v) is 7.37. The van der Waals surface area contributed by atoms with Crippen molar-refractivity contribution in [3.8, 4) is 0 Å². The molecule has 0 N–H and O–H groups in total. The third-order valence-electron chi connectivity index (χ3n) is 4.69. The van der Waals surface area contributed by atoms with E-state index in [1.165, 1.54) is 62.8 Å². The molecule has 0 heterocycles. The zero-order valence-corrected chi connectivity index (χ0v) is 17.7. The van der Waals surface area contributed by atoms with Crippen molar-refractivity contribution in [3.05, 3.63) is 35.9 Å². The summed E-state index contributed by atoms with van der Waals surface area (Å²) < 4.78 is 49.1. The molecular weight excluding hydrogens is 397 g/mol. The summed E-state index contributed by atoms with van der Waals surface area (Å²) in [5, 5.41) is 0. The van der Waals surface area contributed by atoms with Gasteiger partial charge in [-0.3, -0.25) is 9.59 Å². The van der Waals surface area contributed by atoms with Crippen molar-refractivity contribution in [2.75, 3.05) is 6.61 Å². The Bertz CT molecular complexity index is 602. The highest BCUT2D eigenvalue weighted by atomic mass is 19.4. The summed E-state index contributed by atoms with van der Waals surface area (Å²) in [6.45, 7) is 2.45. The SMILES string of the molecule is CCCCCCCCCCCOC(=O)CCC(=O)OC(c1ccccc1)C(F)(F)F. The van der Waals surface area contributed by atoms with Gasteiger partial charge < -0.3 is 9.47 Å². The van der Waals surface area contributed by atoms with Gasteiger partial charge in [-0.1, -0.05) is 88.6 Å². The number of benzene rings is 1. The van der Waals surface area contributed by atoms with Crippen LogP contribution >= 0.6 is 0 Å². The Morgan fingerprint density at radius 3 is 1.93 bits per heavy atom. The van der Waals surface area contributed by atoms with Crippen molar-refractivity contribution in [2.24, 2.45) is 0 Å². The van der Waals surface area contributed by atoms with Crippen LogP contribution < -0.4 is 0 Å². The van der Waals surface area contributed by atoms with Crippen molar-refractivity contribution >= 4 is 11.9 Å². The molecule has 0 saturated carbocycles. The van der Waals surface area contributed by atoms with Gasteiger partial charge in [-0.25, -0.2) is 0 Å². The van der Waals surface area contributed by atoms with Crippen LogP contribution in [0.4, 0.5) is 13.2 Å². The highest BCUT2D eigenvalue weighted by Gasteiger charge is 2.43. The highest BCUT2D eigenvalue weighted by Crippen LogP contribution is 2.36. The van der Waals surface area contributed by atoms with Crippen molar-refractivity contribution in [2.45, 2.75) is 89.8 Å². The molecule has 0 fully saturated rings. The van der Waals surface area contributed by atoms with Gasteiger partial charge >= 0.3 is 18.1 Å². The summed E-state index contributed by atoms with van der Waals surface area (Å²) >= 11 is 0. The monoisotopic (exact) mass is 430 g/mol. The van der Waals surface area contributed by atoms with Crippen molar-refractivity contribution in [3.63, 3.8) is 0 Å². The lowest BCUT2D eigenvalue weighted by Crippen LogP contribution is -2.26. The first-order chi connectivity index (χ1) is 14.3. The molecule has 0 saturated heterocycles. The first-order valence-electron chi connectivity index (χ1n) is 10.8. The third-order valence-corrected chi connectivity index (χ3v) is 4.69. The van der Waals surface area contributed by atoms with E-state index in [0.717, 1.165) is 19.3 Å². The maximum Gasteiger partial charge on any atom is 0.429 e. The second-order valence-electron chi connectivity index (χ2n) is 7.37. The summed E-state index contributed by atoms with van der Waals surface area (Å²) in [6, 6.07) is 6.93. The number of esters is 2. The van der Waals surface area contributed by atoms with Gasteiger partial charge in [-0.2, -0.15) is 13.2 Å². The molecule has 1 rings (SSSR count).